The molecule has 54 valence electrons. The van der Waals surface area contributed by atoms with E-state index in [1.807, 2.05) is 25.8 Å². The number of rotatable bonds is 2. The van der Waals surface area contributed by atoms with Crippen LogP contribution in [0.1, 0.15) is 20.8 Å². The second-order valence-electron chi connectivity index (χ2n) is 2.30. The molecule has 2 heteroatoms. The van der Waals surface area contributed by atoms with Crippen molar-refractivity contribution < 1.29 is 0 Å². The first-order valence-electron chi connectivity index (χ1n) is 3.13. The van der Waals surface area contributed by atoms with Gasteiger partial charge in [-0.1, -0.05) is 11.6 Å². The van der Waals surface area contributed by atoms with Crippen LogP contribution in [0.15, 0.2) is 10.7 Å². The molecule has 0 aliphatic heterocycles. The maximum Gasteiger partial charge on any atom is 0.103 e. The Bertz CT molecular complexity index is 114. The molecule has 0 rings (SSSR count). The predicted molar refractivity (Wildman–Crippen MR) is 42.5 cm³/mol. The molecular weight excluding hydrogens is 134 g/mol. The Labute approximate surface area is 62.3 Å². The topological polar surface area (TPSA) is 3.24 Å². The second-order valence-corrected chi connectivity index (χ2v) is 2.66. The zero-order valence-electron chi connectivity index (χ0n) is 6.53. The number of halogens is 1. The maximum atomic E-state index is 5.87. The largest absolute Gasteiger partial charge is 0.366 e. The van der Waals surface area contributed by atoms with Gasteiger partial charge in [0, 0.05) is 13.6 Å². The summed E-state index contributed by atoms with van der Waals surface area (Å²) in [6.07, 6.45) is 0. The van der Waals surface area contributed by atoms with E-state index < -0.39 is 0 Å². The fraction of sp³-hybridized carbons (Fsp3) is 0.714. The Hall–Kier alpha value is -0.170. The van der Waals surface area contributed by atoms with Crippen molar-refractivity contribution in [3.8, 4) is 0 Å². The first-order valence-corrected chi connectivity index (χ1v) is 3.51. The van der Waals surface area contributed by atoms with Crippen LogP contribution in [0.4, 0.5) is 0 Å². The third-order valence-electron chi connectivity index (χ3n) is 1.22. The van der Waals surface area contributed by atoms with Crippen molar-refractivity contribution in [1.82, 2.24) is 4.90 Å². The van der Waals surface area contributed by atoms with E-state index in [9.17, 15) is 0 Å². The molecule has 0 radical (unpaired) electrons. The van der Waals surface area contributed by atoms with E-state index >= 15 is 0 Å². The molecule has 9 heavy (non-hydrogen) atoms. The fourth-order valence-corrected chi connectivity index (χ4v) is 0.640. The van der Waals surface area contributed by atoms with Gasteiger partial charge in [0.15, 0.2) is 0 Å². The van der Waals surface area contributed by atoms with Crippen molar-refractivity contribution in [2.75, 3.05) is 13.6 Å². The van der Waals surface area contributed by atoms with Gasteiger partial charge >= 0.3 is 0 Å². The summed E-state index contributed by atoms with van der Waals surface area (Å²) >= 11 is 5.87. The van der Waals surface area contributed by atoms with Gasteiger partial charge < -0.3 is 4.90 Å². The van der Waals surface area contributed by atoms with E-state index in [1.165, 1.54) is 5.57 Å². The molecule has 0 heterocycles. The van der Waals surface area contributed by atoms with Gasteiger partial charge in [-0.05, 0) is 26.3 Å². The van der Waals surface area contributed by atoms with Crippen LogP contribution in [0.25, 0.3) is 0 Å². The van der Waals surface area contributed by atoms with Crippen LogP contribution in [0.3, 0.4) is 0 Å². The summed E-state index contributed by atoms with van der Waals surface area (Å²) in [4.78, 5) is 2.01. The fourth-order valence-electron chi connectivity index (χ4n) is 0.521. The van der Waals surface area contributed by atoms with Crippen molar-refractivity contribution in [2.45, 2.75) is 20.8 Å². The molecule has 0 aromatic carbocycles. The number of hydrogen-bond donors (Lipinski definition) is 0. The van der Waals surface area contributed by atoms with Crippen LogP contribution in [-0.2, 0) is 0 Å². The van der Waals surface area contributed by atoms with Crippen molar-refractivity contribution in [3.63, 3.8) is 0 Å². The molecule has 0 aromatic heterocycles. The van der Waals surface area contributed by atoms with Crippen molar-refractivity contribution in [1.29, 1.82) is 0 Å². The van der Waals surface area contributed by atoms with E-state index in [-0.39, 0.29) is 0 Å². The van der Waals surface area contributed by atoms with Gasteiger partial charge in [0.1, 0.15) is 5.16 Å². The van der Waals surface area contributed by atoms with Gasteiger partial charge in [0.05, 0.1) is 0 Å². The minimum Gasteiger partial charge on any atom is -0.366 e. The molecule has 0 saturated carbocycles. The first kappa shape index (κ1) is 8.83. The third-order valence-corrected chi connectivity index (χ3v) is 1.89. The molecule has 0 aromatic rings. The third kappa shape index (κ3) is 2.75. The highest BCUT2D eigenvalue weighted by molar-refractivity contribution is 6.29. The van der Waals surface area contributed by atoms with Gasteiger partial charge in [-0.25, -0.2) is 0 Å². The molecule has 0 saturated heterocycles. The number of hydrogen-bond acceptors (Lipinski definition) is 1. The van der Waals surface area contributed by atoms with Gasteiger partial charge in [0.25, 0.3) is 0 Å². The summed E-state index contributed by atoms with van der Waals surface area (Å²) in [6.45, 7) is 7.05. The minimum absolute atomic E-state index is 0.859. The van der Waals surface area contributed by atoms with E-state index in [0.717, 1.165) is 11.7 Å². The summed E-state index contributed by atoms with van der Waals surface area (Å²) in [6, 6.07) is 0. The van der Waals surface area contributed by atoms with Crippen LogP contribution in [0.2, 0.25) is 0 Å². The lowest BCUT2D eigenvalue weighted by Gasteiger charge is -2.16. The smallest absolute Gasteiger partial charge is 0.103 e. The van der Waals surface area contributed by atoms with Crippen LogP contribution in [0, 0.1) is 0 Å². The SMILES string of the molecule is CCN(C)C(Cl)=C(C)C. The average molecular weight is 148 g/mol. The summed E-state index contributed by atoms with van der Waals surface area (Å²) in [5, 5.41) is 0.859. The lowest BCUT2D eigenvalue weighted by Crippen LogP contribution is -2.14. The Balaban J connectivity index is 4.02. The summed E-state index contributed by atoms with van der Waals surface area (Å²) in [5.74, 6) is 0. The van der Waals surface area contributed by atoms with Crippen LogP contribution in [0.5, 0.6) is 0 Å². The molecule has 0 spiro atoms. The first-order chi connectivity index (χ1) is 4.09. The predicted octanol–water partition coefficient (Wildman–Crippen LogP) is 2.43. The van der Waals surface area contributed by atoms with Crippen LogP contribution >= 0.6 is 11.6 Å². The zero-order chi connectivity index (χ0) is 7.44. The van der Waals surface area contributed by atoms with E-state index in [4.69, 9.17) is 11.6 Å². The Morgan fingerprint density at radius 1 is 1.44 bits per heavy atom. The normalized spacial score (nSPS) is 9.00. The Morgan fingerprint density at radius 2 is 1.89 bits per heavy atom. The van der Waals surface area contributed by atoms with Crippen LogP contribution in [-0.4, -0.2) is 18.5 Å². The Kier molecular flexibility index (Phi) is 3.71. The molecule has 1 nitrogen and oxygen atoms in total. The second kappa shape index (κ2) is 3.78. The van der Waals surface area contributed by atoms with Crippen molar-refractivity contribution in [2.24, 2.45) is 0 Å². The van der Waals surface area contributed by atoms with E-state index in [1.54, 1.807) is 0 Å². The quantitative estimate of drug-likeness (QED) is 0.543. The van der Waals surface area contributed by atoms with Gasteiger partial charge in [-0.3, -0.25) is 0 Å². The van der Waals surface area contributed by atoms with E-state index in [2.05, 4.69) is 6.92 Å². The molecule has 0 fully saturated rings. The van der Waals surface area contributed by atoms with Gasteiger partial charge in [-0.15, -0.1) is 0 Å². The van der Waals surface area contributed by atoms with Crippen molar-refractivity contribution >= 4 is 11.6 Å². The molecule has 0 bridgehead atoms. The molecule has 0 N–H and O–H groups in total. The Morgan fingerprint density at radius 3 is 2.00 bits per heavy atom. The van der Waals surface area contributed by atoms with Gasteiger partial charge in [-0.2, -0.15) is 0 Å². The molecule has 0 aliphatic rings. The van der Waals surface area contributed by atoms with Gasteiger partial charge in [0.2, 0.25) is 0 Å². The molecule has 0 atom stereocenters. The molecule has 0 unspecified atom stereocenters. The summed E-state index contributed by atoms with van der Waals surface area (Å²) in [5.41, 5.74) is 1.17. The monoisotopic (exact) mass is 147 g/mol. The number of allylic oxidation sites excluding steroid dienone is 1. The average Bonchev–Trinajstić information content (AvgIpc) is 1.84. The summed E-state index contributed by atoms with van der Waals surface area (Å²) < 4.78 is 0. The zero-order valence-corrected chi connectivity index (χ0v) is 7.29. The highest BCUT2D eigenvalue weighted by Crippen LogP contribution is 2.11. The maximum absolute atomic E-state index is 5.87. The molecule has 0 aliphatic carbocycles. The summed E-state index contributed by atoms with van der Waals surface area (Å²) in [7, 11) is 1.98. The highest BCUT2D eigenvalue weighted by Gasteiger charge is 1.97. The van der Waals surface area contributed by atoms with Crippen LogP contribution < -0.4 is 0 Å². The highest BCUT2D eigenvalue weighted by atomic mass is 35.5. The van der Waals surface area contributed by atoms with E-state index in [0.29, 0.717) is 0 Å². The molecular formula is C7H14ClN. The minimum atomic E-state index is 0.859. The molecule has 0 amide bonds. The standard InChI is InChI=1S/C7H14ClN/c1-5-9(4)7(8)6(2)3/h5H2,1-4H3. The van der Waals surface area contributed by atoms with Crippen molar-refractivity contribution in [3.05, 3.63) is 10.7 Å². The number of nitrogens with zero attached hydrogens (tertiary/aromatic N) is 1. The lowest BCUT2D eigenvalue weighted by molar-refractivity contribution is 0.465. The lowest BCUT2D eigenvalue weighted by atomic mass is 10.4.